The second-order valence-corrected chi connectivity index (χ2v) is 6.71. The van der Waals surface area contributed by atoms with Crippen molar-refractivity contribution in [2.24, 2.45) is 11.8 Å². The van der Waals surface area contributed by atoms with Gasteiger partial charge in [0, 0.05) is 25.8 Å². The van der Waals surface area contributed by atoms with Crippen LogP contribution in [0.3, 0.4) is 0 Å². The molecule has 1 fully saturated rings. The van der Waals surface area contributed by atoms with Crippen molar-refractivity contribution < 1.29 is 0 Å². The molecule has 1 saturated heterocycles. The molecule has 1 aliphatic heterocycles. The van der Waals surface area contributed by atoms with Crippen LogP contribution in [-0.4, -0.2) is 46.1 Å². The fourth-order valence-corrected chi connectivity index (χ4v) is 2.95. The summed E-state index contributed by atoms with van der Waals surface area (Å²) in [4.78, 5) is 2.58. The number of rotatable bonds is 8. The first-order chi connectivity index (χ1) is 10.2. The van der Waals surface area contributed by atoms with Crippen LogP contribution in [0.5, 0.6) is 0 Å². The summed E-state index contributed by atoms with van der Waals surface area (Å²) in [7, 11) is 0. The number of hydrogen-bond acceptors (Lipinski definition) is 4. The number of nitrogens with zero attached hydrogens (tertiary/aromatic N) is 4. The topological polar surface area (TPSA) is 46.0 Å². The molecule has 1 aliphatic rings. The first-order valence-corrected chi connectivity index (χ1v) is 8.49. The first-order valence-electron chi connectivity index (χ1n) is 8.49. The molecule has 0 radical (unpaired) electrons. The average molecular weight is 293 g/mol. The molecular weight excluding hydrogens is 262 g/mol. The van der Waals surface area contributed by atoms with Gasteiger partial charge in [-0.15, -0.1) is 5.10 Å². The summed E-state index contributed by atoms with van der Waals surface area (Å²) in [5.41, 5.74) is 1.04. The second kappa shape index (κ2) is 8.49. The lowest BCUT2D eigenvalue weighted by molar-refractivity contribution is 0.164. The smallest absolute Gasteiger partial charge is 0.0964 e. The van der Waals surface area contributed by atoms with E-state index in [0.717, 1.165) is 37.8 Å². The normalized spacial score (nSPS) is 20.3. The largest absolute Gasteiger partial charge is 0.311 e. The summed E-state index contributed by atoms with van der Waals surface area (Å²) >= 11 is 0. The van der Waals surface area contributed by atoms with Gasteiger partial charge in [-0.1, -0.05) is 32.4 Å². The Kier molecular flexibility index (Phi) is 6.64. The Morgan fingerprint density at radius 1 is 1.38 bits per heavy atom. The summed E-state index contributed by atoms with van der Waals surface area (Å²) in [5, 5.41) is 11.9. The van der Waals surface area contributed by atoms with E-state index in [1.54, 1.807) is 0 Å². The molecular formula is C16H31N5. The predicted octanol–water partition coefficient (Wildman–Crippen LogP) is 2.15. The molecule has 1 unspecified atom stereocenters. The summed E-state index contributed by atoms with van der Waals surface area (Å²) in [5.74, 6) is 1.57. The number of piperidine rings is 1. The lowest BCUT2D eigenvalue weighted by atomic mass is 9.96. The maximum Gasteiger partial charge on any atom is 0.0964 e. The third-order valence-corrected chi connectivity index (χ3v) is 4.27. The Hall–Kier alpha value is -0.940. The Morgan fingerprint density at radius 2 is 2.24 bits per heavy atom. The van der Waals surface area contributed by atoms with Crippen LogP contribution in [0.1, 0.15) is 45.7 Å². The summed E-state index contributed by atoms with van der Waals surface area (Å²) in [6.45, 7) is 13.1. The van der Waals surface area contributed by atoms with E-state index < -0.39 is 0 Å². The molecule has 0 aromatic carbocycles. The van der Waals surface area contributed by atoms with Crippen LogP contribution in [0.15, 0.2) is 6.20 Å². The van der Waals surface area contributed by atoms with Crippen molar-refractivity contribution in [1.82, 2.24) is 25.2 Å². The minimum atomic E-state index is 0.672. The zero-order chi connectivity index (χ0) is 15.1. The van der Waals surface area contributed by atoms with Crippen LogP contribution in [0.25, 0.3) is 0 Å². The Bertz CT molecular complexity index is 401. The van der Waals surface area contributed by atoms with Gasteiger partial charge in [0.15, 0.2) is 0 Å². The molecule has 1 atom stereocenters. The van der Waals surface area contributed by atoms with Crippen LogP contribution in [0.4, 0.5) is 0 Å². The lowest BCUT2D eigenvalue weighted by Crippen LogP contribution is -2.37. The standard InChI is InChI=1S/C16H31N5/c1-4-15-6-5-7-20(12-15)8-9-21-13-16(18-19-21)11-17-10-14(2)3/h13-15,17H,4-12H2,1-3H3. The molecule has 0 spiro atoms. The van der Waals surface area contributed by atoms with E-state index in [-0.39, 0.29) is 0 Å². The summed E-state index contributed by atoms with van der Waals surface area (Å²) in [6.07, 6.45) is 6.14. The molecule has 0 saturated carbocycles. The first kappa shape index (κ1) is 16.4. The molecule has 2 heterocycles. The van der Waals surface area contributed by atoms with Crippen LogP contribution >= 0.6 is 0 Å². The van der Waals surface area contributed by atoms with Gasteiger partial charge in [-0.05, 0) is 37.8 Å². The second-order valence-electron chi connectivity index (χ2n) is 6.71. The number of likely N-dealkylation sites (tertiary alicyclic amines) is 1. The van der Waals surface area contributed by atoms with Gasteiger partial charge in [0.2, 0.25) is 0 Å². The van der Waals surface area contributed by atoms with Gasteiger partial charge < -0.3 is 10.2 Å². The van der Waals surface area contributed by atoms with Gasteiger partial charge >= 0.3 is 0 Å². The van der Waals surface area contributed by atoms with Crippen molar-refractivity contribution in [3.05, 3.63) is 11.9 Å². The van der Waals surface area contributed by atoms with Crippen molar-refractivity contribution >= 4 is 0 Å². The van der Waals surface area contributed by atoms with Crippen LogP contribution in [0.2, 0.25) is 0 Å². The molecule has 2 rings (SSSR count). The molecule has 0 aliphatic carbocycles. The van der Waals surface area contributed by atoms with Crippen LogP contribution < -0.4 is 5.32 Å². The highest BCUT2D eigenvalue weighted by Crippen LogP contribution is 2.18. The van der Waals surface area contributed by atoms with Gasteiger partial charge in [0.1, 0.15) is 0 Å². The Morgan fingerprint density at radius 3 is 3.00 bits per heavy atom. The Labute approximate surface area is 129 Å². The van der Waals surface area contributed by atoms with E-state index in [0.29, 0.717) is 5.92 Å². The van der Waals surface area contributed by atoms with E-state index in [1.807, 2.05) is 4.68 Å². The molecule has 1 aromatic rings. The Balaban J connectivity index is 1.70. The summed E-state index contributed by atoms with van der Waals surface area (Å²) < 4.78 is 1.99. The average Bonchev–Trinajstić information content (AvgIpc) is 2.93. The lowest BCUT2D eigenvalue weighted by Gasteiger charge is -2.32. The monoisotopic (exact) mass is 293 g/mol. The van der Waals surface area contributed by atoms with E-state index >= 15 is 0 Å². The molecule has 0 amide bonds. The highest BCUT2D eigenvalue weighted by atomic mass is 15.4. The maximum absolute atomic E-state index is 4.24. The van der Waals surface area contributed by atoms with Crippen molar-refractivity contribution in [3.63, 3.8) is 0 Å². The van der Waals surface area contributed by atoms with Gasteiger partial charge in [0.05, 0.1) is 12.2 Å². The summed E-state index contributed by atoms with van der Waals surface area (Å²) in [6, 6.07) is 0. The van der Waals surface area contributed by atoms with Crippen LogP contribution in [0, 0.1) is 11.8 Å². The van der Waals surface area contributed by atoms with Crippen molar-refractivity contribution in [2.45, 2.75) is 53.1 Å². The molecule has 5 heteroatoms. The highest BCUT2D eigenvalue weighted by molar-refractivity contribution is 4.91. The zero-order valence-electron chi connectivity index (χ0n) is 13.9. The third-order valence-electron chi connectivity index (χ3n) is 4.27. The quantitative estimate of drug-likeness (QED) is 0.798. The molecule has 0 bridgehead atoms. The minimum Gasteiger partial charge on any atom is -0.311 e. The van der Waals surface area contributed by atoms with E-state index in [4.69, 9.17) is 0 Å². The zero-order valence-corrected chi connectivity index (χ0v) is 13.9. The highest BCUT2D eigenvalue weighted by Gasteiger charge is 2.18. The van der Waals surface area contributed by atoms with E-state index in [1.165, 1.54) is 32.4 Å². The third kappa shape index (κ3) is 5.75. The van der Waals surface area contributed by atoms with Gasteiger partial charge in [-0.3, -0.25) is 4.68 Å². The molecule has 1 aromatic heterocycles. The molecule has 5 nitrogen and oxygen atoms in total. The van der Waals surface area contributed by atoms with Gasteiger partial charge in [0.25, 0.3) is 0 Å². The molecule has 1 N–H and O–H groups in total. The minimum absolute atomic E-state index is 0.672. The van der Waals surface area contributed by atoms with Crippen molar-refractivity contribution in [3.8, 4) is 0 Å². The fourth-order valence-electron chi connectivity index (χ4n) is 2.95. The predicted molar refractivity (Wildman–Crippen MR) is 86.0 cm³/mol. The van der Waals surface area contributed by atoms with E-state index in [2.05, 4.69) is 47.5 Å². The fraction of sp³-hybridized carbons (Fsp3) is 0.875. The maximum atomic E-state index is 4.24. The number of hydrogen-bond donors (Lipinski definition) is 1. The number of nitrogens with one attached hydrogen (secondary N) is 1. The number of aromatic nitrogens is 3. The van der Waals surface area contributed by atoms with Crippen molar-refractivity contribution in [2.75, 3.05) is 26.2 Å². The van der Waals surface area contributed by atoms with Crippen molar-refractivity contribution in [1.29, 1.82) is 0 Å². The van der Waals surface area contributed by atoms with Gasteiger partial charge in [-0.25, -0.2) is 0 Å². The van der Waals surface area contributed by atoms with Crippen LogP contribution in [-0.2, 0) is 13.1 Å². The SMILES string of the molecule is CCC1CCCN(CCn2cc(CNCC(C)C)nn2)C1. The molecule has 21 heavy (non-hydrogen) atoms. The van der Waals surface area contributed by atoms with E-state index in [9.17, 15) is 0 Å². The van der Waals surface area contributed by atoms with Gasteiger partial charge in [-0.2, -0.15) is 0 Å². The molecule has 120 valence electrons.